The van der Waals surface area contributed by atoms with E-state index in [0.29, 0.717) is 24.4 Å². The largest absolute Gasteiger partial charge is 0.496 e. The SMILES string of the molecule is COc1cccc(CNC(=O)C2C[C@@H]3C[C@H](N)[C@@H]3C2)c1C. The number of carbonyl (C=O) groups is 1. The van der Waals surface area contributed by atoms with Crippen molar-refractivity contribution in [3.63, 3.8) is 0 Å². The van der Waals surface area contributed by atoms with Crippen molar-refractivity contribution in [2.24, 2.45) is 23.5 Å². The first-order valence-electron chi connectivity index (χ1n) is 7.76. The van der Waals surface area contributed by atoms with Crippen LogP contribution in [0.4, 0.5) is 0 Å². The molecule has 3 rings (SSSR count). The maximum Gasteiger partial charge on any atom is 0.223 e. The van der Waals surface area contributed by atoms with Crippen molar-refractivity contribution in [3.05, 3.63) is 29.3 Å². The van der Waals surface area contributed by atoms with E-state index in [1.54, 1.807) is 7.11 Å². The Morgan fingerprint density at radius 3 is 2.86 bits per heavy atom. The van der Waals surface area contributed by atoms with Crippen molar-refractivity contribution < 1.29 is 9.53 Å². The van der Waals surface area contributed by atoms with Crippen molar-refractivity contribution in [2.45, 2.75) is 38.8 Å². The first-order valence-corrected chi connectivity index (χ1v) is 7.76. The first-order chi connectivity index (χ1) is 10.1. The Hall–Kier alpha value is -1.55. The fourth-order valence-electron chi connectivity index (χ4n) is 3.89. The Bertz CT molecular complexity index is 544. The number of nitrogens with two attached hydrogens (primary N) is 1. The van der Waals surface area contributed by atoms with Gasteiger partial charge in [-0.2, -0.15) is 0 Å². The molecule has 0 spiro atoms. The van der Waals surface area contributed by atoms with Crippen molar-refractivity contribution in [1.82, 2.24) is 5.32 Å². The zero-order chi connectivity index (χ0) is 15.0. The van der Waals surface area contributed by atoms with Crippen LogP contribution in [0.1, 0.15) is 30.4 Å². The van der Waals surface area contributed by atoms with Gasteiger partial charge in [0, 0.05) is 18.5 Å². The predicted octanol–water partition coefficient (Wildman–Crippen LogP) is 1.99. The van der Waals surface area contributed by atoms with Gasteiger partial charge in [-0.25, -0.2) is 0 Å². The second-order valence-corrected chi connectivity index (χ2v) is 6.45. The molecular weight excluding hydrogens is 264 g/mol. The van der Waals surface area contributed by atoms with Crippen LogP contribution in [0.2, 0.25) is 0 Å². The standard InChI is InChI=1S/C17H24N2O2/c1-10-11(4-3-5-16(10)21-2)9-19-17(20)13-6-12-8-15(18)14(12)7-13/h3-5,12-15H,6-9,18H2,1-2H3,(H,19,20)/t12-,13?,14-,15+/m1/s1. The smallest absolute Gasteiger partial charge is 0.223 e. The molecule has 2 saturated carbocycles. The predicted molar refractivity (Wildman–Crippen MR) is 81.9 cm³/mol. The minimum Gasteiger partial charge on any atom is -0.496 e. The highest BCUT2D eigenvalue weighted by Crippen LogP contribution is 2.48. The highest BCUT2D eigenvalue weighted by molar-refractivity contribution is 5.79. The molecule has 0 heterocycles. The van der Waals surface area contributed by atoms with Crippen LogP contribution in [0.3, 0.4) is 0 Å². The third kappa shape index (κ3) is 2.64. The average Bonchev–Trinajstić information content (AvgIpc) is 2.83. The number of hydrogen-bond donors (Lipinski definition) is 2. The molecule has 4 heteroatoms. The van der Waals surface area contributed by atoms with E-state index in [-0.39, 0.29) is 11.8 Å². The maximum atomic E-state index is 12.3. The molecule has 1 amide bonds. The number of amides is 1. The molecule has 0 aromatic heterocycles. The molecule has 1 aromatic carbocycles. The van der Waals surface area contributed by atoms with E-state index in [0.717, 1.165) is 36.1 Å². The monoisotopic (exact) mass is 288 g/mol. The van der Waals surface area contributed by atoms with Gasteiger partial charge in [0.2, 0.25) is 5.91 Å². The van der Waals surface area contributed by atoms with Gasteiger partial charge in [0.05, 0.1) is 7.11 Å². The molecule has 0 radical (unpaired) electrons. The van der Waals surface area contributed by atoms with Crippen molar-refractivity contribution in [2.75, 3.05) is 7.11 Å². The molecule has 0 bridgehead atoms. The molecular formula is C17H24N2O2. The van der Waals surface area contributed by atoms with Crippen LogP contribution in [0.25, 0.3) is 0 Å². The second-order valence-electron chi connectivity index (χ2n) is 6.45. The molecule has 2 aliphatic carbocycles. The highest BCUT2D eigenvalue weighted by atomic mass is 16.5. The summed E-state index contributed by atoms with van der Waals surface area (Å²) in [6, 6.07) is 6.26. The summed E-state index contributed by atoms with van der Waals surface area (Å²) in [4.78, 5) is 12.3. The Balaban J connectivity index is 1.57. The molecule has 4 nitrogen and oxygen atoms in total. The van der Waals surface area contributed by atoms with Crippen LogP contribution in [0.15, 0.2) is 18.2 Å². The molecule has 0 aliphatic heterocycles. The fraction of sp³-hybridized carbons (Fsp3) is 0.588. The van der Waals surface area contributed by atoms with Crippen LogP contribution in [-0.2, 0) is 11.3 Å². The van der Waals surface area contributed by atoms with Gasteiger partial charge in [-0.1, -0.05) is 12.1 Å². The molecule has 21 heavy (non-hydrogen) atoms. The molecule has 114 valence electrons. The summed E-state index contributed by atoms with van der Waals surface area (Å²) >= 11 is 0. The summed E-state index contributed by atoms with van der Waals surface area (Å²) in [5.41, 5.74) is 8.20. The van der Waals surface area contributed by atoms with Gasteiger partial charge in [0.1, 0.15) is 5.75 Å². The van der Waals surface area contributed by atoms with E-state index in [2.05, 4.69) is 5.32 Å². The summed E-state index contributed by atoms with van der Waals surface area (Å²) in [6.07, 6.45) is 3.08. The third-order valence-corrected chi connectivity index (χ3v) is 5.31. The zero-order valence-electron chi connectivity index (χ0n) is 12.8. The van der Waals surface area contributed by atoms with Gasteiger partial charge < -0.3 is 15.8 Å². The van der Waals surface area contributed by atoms with Crippen molar-refractivity contribution in [3.8, 4) is 5.75 Å². The summed E-state index contributed by atoms with van der Waals surface area (Å²) in [5.74, 6) is 2.47. The highest BCUT2D eigenvalue weighted by Gasteiger charge is 2.47. The van der Waals surface area contributed by atoms with Crippen molar-refractivity contribution in [1.29, 1.82) is 0 Å². The summed E-state index contributed by atoms with van der Waals surface area (Å²) < 4.78 is 5.31. The van der Waals surface area contributed by atoms with Crippen LogP contribution in [0.5, 0.6) is 5.75 Å². The van der Waals surface area contributed by atoms with E-state index in [9.17, 15) is 4.79 Å². The lowest BCUT2D eigenvalue weighted by atomic mass is 9.72. The molecule has 1 unspecified atom stereocenters. The number of carbonyl (C=O) groups excluding carboxylic acids is 1. The number of fused-ring (bicyclic) bond motifs is 1. The Morgan fingerprint density at radius 2 is 2.19 bits per heavy atom. The molecule has 2 fully saturated rings. The third-order valence-electron chi connectivity index (χ3n) is 5.31. The lowest BCUT2D eigenvalue weighted by Gasteiger charge is -2.37. The van der Waals surface area contributed by atoms with Crippen molar-refractivity contribution >= 4 is 5.91 Å². The van der Waals surface area contributed by atoms with Crippen LogP contribution >= 0.6 is 0 Å². The van der Waals surface area contributed by atoms with Gasteiger partial charge in [-0.15, -0.1) is 0 Å². The normalized spacial score (nSPS) is 30.4. The summed E-state index contributed by atoms with van der Waals surface area (Å²) in [5, 5.41) is 3.08. The summed E-state index contributed by atoms with van der Waals surface area (Å²) in [6.45, 7) is 2.59. The Kier molecular flexibility index (Phi) is 3.89. The molecule has 2 aliphatic rings. The van der Waals surface area contributed by atoms with E-state index in [4.69, 9.17) is 10.5 Å². The van der Waals surface area contributed by atoms with Gasteiger partial charge in [-0.3, -0.25) is 4.79 Å². The molecule has 0 saturated heterocycles. The van der Waals surface area contributed by atoms with Crippen LogP contribution < -0.4 is 15.8 Å². The zero-order valence-corrected chi connectivity index (χ0v) is 12.8. The van der Waals surface area contributed by atoms with Gasteiger partial charge in [-0.05, 0) is 55.2 Å². The summed E-state index contributed by atoms with van der Waals surface area (Å²) in [7, 11) is 1.67. The quantitative estimate of drug-likeness (QED) is 0.890. The average molecular weight is 288 g/mol. The minimum absolute atomic E-state index is 0.152. The minimum atomic E-state index is 0.152. The van der Waals surface area contributed by atoms with E-state index in [1.165, 1.54) is 0 Å². The molecule has 4 atom stereocenters. The fourth-order valence-corrected chi connectivity index (χ4v) is 3.89. The lowest BCUT2D eigenvalue weighted by molar-refractivity contribution is -0.125. The molecule has 3 N–H and O–H groups in total. The number of benzene rings is 1. The Labute approximate surface area is 126 Å². The van der Waals surface area contributed by atoms with Gasteiger partial charge >= 0.3 is 0 Å². The van der Waals surface area contributed by atoms with E-state index in [1.807, 2.05) is 25.1 Å². The van der Waals surface area contributed by atoms with Gasteiger partial charge in [0.15, 0.2) is 0 Å². The second kappa shape index (κ2) is 5.68. The van der Waals surface area contributed by atoms with Crippen LogP contribution in [0, 0.1) is 24.7 Å². The van der Waals surface area contributed by atoms with E-state index >= 15 is 0 Å². The number of rotatable bonds is 4. The van der Waals surface area contributed by atoms with Crippen LogP contribution in [-0.4, -0.2) is 19.1 Å². The number of nitrogens with one attached hydrogen (secondary N) is 1. The topological polar surface area (TPSA) is 64.3 Å². The lowest BCUT2D eigenvalue weighted by Crippen LogP contribution is -2.44. The number of hydrogen-bond acceptors (Lipinski definition) is 3. The van der Waals surface area contributed by atoms with Gasteiger partial charge in [0.25, 0.3) is 0 Å². The first kappa shape index (κ1) is 14.4. The Morgan fingerprint density at radius 1 is 1.38 bits per heavy atom. The van der Waals surface area contributed by atoms with E-state index < -0.39 is 0 Å². The number of ether oxygens (including phenoxy) is 1. The molecule has 1 aromatic rings. The maximum absolute atomic E-state index is 12.3. The number of methoxy groups -OCH3 is 1.